The summed E-state index contributed by atoms with van der Waals surface area (Å²) in [6.07, 6.45) is 6.27. The van der Waals surface area contributed by atoms with E-state index >= 15 is 0 Å². The molecule has 9 heteroatoms. The second-order valence-corrected chi connectivity index (χ2v) is 7.55. The number of hydrogen-bond acceptors (Lipinski definition) is 5. The molecule has 0 aliphatic carbocycles. The first-order chi connectivity index (χ1) is 10.5. The zero-order valence-corrected chi connectivity index (χ0v) is 13.6. The van der Waals surface area contributed by atoms with Crippen LogP contribution in [0.3, 0.4) is 0 Å². The molecule has 3 rings (SSSR count). The molecule has 3 heterocycles. The van der Waals surface area contributed by atoms with Crippen molar-refractivity contribution in [1.29, 1.82) is 0 Å². The summed E-state index contributed by atoms with van der Waals surface area (Å²) in [7, 11) is -1.54. The van der Waals surface area contributed by atoms with E-state index < -0.39 is 10.0 Å². The van der Waals surface area contributed by atoms with Gasteiger partial charge in [0.1, 0.15) is 17.0 Å². The molecule has 0 radical (unpaired) electrons. The van der Waals surface area contributed by atoms with Gasteiger partial charge in [-0.05, 0) is 19.3 Å². The first-order valence-corrected chi connectivity index (χ1v) is 8.80. The van der Waals surface area contributed by atoms with E-state index in [1.807, 2.05) is 18.5 Å². The third kappa shape index (κ3) is 2.78. The fourth-order valence-electron chi connectivity index (χ4n) is 2.73. The summed E-state index contributed by atoms with van der Waals surface area (Å²) in [6.45, 7) is 3.65. The minimum Gasteiger partial charge on any atom is -0.321 e. The highest BCUT2D eigenvalue weighted by Gasteiger charge is 2.33. The number of nitrogens with zero attached hydrogens (tertiary/aromatic N) is 6. The summed E-state index contributed by atoms with van der Waals surface area (Å²) < 4.78 is 30.3. The molecule has 0 N–H and O–H groups in total. The van der Waals surface area contributed by atoms with Gasteiger partial charge < -0.3 is 4.57 Å². The predicted octanol–water partition coefficient (Wildman–Crippen LogP) is 0.285. The molecule has 2 aromatic heterocycles. The van der Waals surface area contributed by atoms with Crippen molar-refractivity contribution in [3.8, 4) is 0 Å². The van der Waals surface area contributed by atoms with Gasteiger partial charge in [-0.3, -0.25) is 4.68 Å². The number of aromatic nitrogens is 5. The van der Waals surface area contributed by atoms with Gasteiger partial charge in [0.25, 0.3) is 0 Å². The smallest absolute Gasteiger partial charge is 0.246 e. The largest absolute Gasteiger partial charge is 0.321 e. The van der Waals surface area contributed by atoms with Gasteiger partial charge in [-0.1, -0.05) is 0 Å². The summed E-state index contributed by atoms with van der Waals surface area (Å²) in [6, 6.07) is 0. The maximum atomic E-state index is 12.6. The van der Waals surface area contributed by atoms with Crippen LogP contribution < -0.4 is 0 Å². The van der Waals surface area contributed by atoms with E-state index in [0.29, 0.717) is 19.6 Å². The molecule has 1 atom stereocenters. The van der Waals surface area contributed by atoms with Crippen molar-refractivity contribution in [3.05, 3.63) is 24.5 Å². The highest BCUT2D eigenvalue weighted by atomic mass is 32.2. The molecule has 22 heavy (non-hydrogen) atoms. The topological polar surface area (TPSA) is 85.9 Å². The van der Waals surface area contributed by atoms with Crippen molar-refractivity contribution in [1.82, 2.24) is 28.9 Å². The van der Waals surface area contributed by atoms with Gasteiger partial charge in [0.05, 0.1) is 6.20 Å². The number of rotatable bonds is 5. The SMILES string of the molecule is CCn1cc(S(=O)(=O)N2CCC(Cc3nncn3C)C2)cn1. The van der Waals surface area contributed by atoms with Gasteiger partial charge in [-0.2, -0.15) is 9.40 Å². The Kier molecular flexibility index (Phi) is 4.00. The van der Waals surface area contributed by atoms with Crippen LogP contribution in [0.25, 0.3) is 0 Å². The van der Waals surface area contributed by atoms with Gasteiger partial charge in [0.15, 0.2) is 0 Å². The van der Waals surface area contributed by atoms with Gasteiger partial charge in [-0.15, -0.1) is 10.2 Å². The molecule has 0 saturated carbocycles. The Bertz CT molecular complexity index is 750. The molecule has 0 amide bonds. The van der Waals surface area contributed by atoms with Gasteiger partial charge in [0, 0.05) is 39.3 Å². The van der Waals surface area contributed by atoms with E-state index in [4.69, 9.17) is 0 Å². The van der Waals surface area contributed by atoms with Crippen molar-refractivity contribution in [2.24, 2.45) is 13.0 Å². The van der Waals surface area contributed by atoms with E-state index in [1.54, 1.807) is 21.5 Å². The van der Waals surface area contributed by atoms with E-state index in [0.717, 1.165) is 18.7 Å². The first-order valence-electron chi connectivity index (χ1n) is 7.36. The molecule has 2 aromatic rings. The number of aryl methyl sites for hydroxylation is 2. The normalized spacial score (nSPS) is 19.8. The lowest BCUT2D eigenvalue weighted by molar-refractivity contribution is 0.451. The molecule has 1 fully saturated rings. The maximum Gasteiger partial charge on any atom is 0.246 e. The Morgan fingerprint density at radius 1 is 1.41 bits per heavy atom. The third-order valence-electron chi connectivity index (χ3n) is 4.10. The zero-order chi connectivity index (χ0) is 15.7. The van der Waals surface area contributed by atoms with Crippen LogP contribution in [-0.4, -0.2) is 50.4 Å². The Morgan fingerprint density at radius 3 is 2.86 bits per heavy atom. The van der Waals surface area contributed by atoms with Crippen molar-refractivity contribution in [3.63, 3.8) is 0 Å². The molecule has 1 saturated heterocycles. The number of sulfonamides is 1. The molecular weight excluding hydrogens is 304 g/mol. The molecule has 0 aromatic carbocycles. The fraction of sp³-hybridized carbons (Fsp3) is 0.615. The van der Waals surface area contributed by atoms with E-state index in [1.165, 1.54) is 6.20 Å². The first kappa shape index (κ1) is 15.2. The fourth-order valence-corrected chi connectivity index (χ4v) is 4.22. The maximum absolute atomic E-state index is 12.6. The molecule has 0 bridgehead atoms. The minimum absolute atomic E-state index is 0.272. The lowest BCUT2D eigenvalue weighted by Gasteiger charge is -2.15. The lowest BCUT2D eigenvalue weighted by atomic mass is 10.1. The van der Waals surface area contributed by atoms with E-state index in [-0.39, 0.29) is 10.8 Å². The summed E-state index contributed by atoms with van der Waals surface area (Å²) >= 11 is 0. The van der Waals surface area contributed by atoms with Crippen LogP contribution in [0.15, 0.2) is 23.6 Å². The van der Waals surface area contributed by atoms with Crippen LogP contribution >= 0.6 is 0 Å². The van der Waals surface area contributed by atoms with Gasteiger partial charge >= 0.3 is 0 Å². The Hall–Kier alpha value is -1.74. The lowest BCUT2D eigenvalue weighted by Crippen LogP contribution is -2.29. The predicted molar refractivity (Wildman–Crippen MR) is 79.5 cm³/mol. The summed E-state index contributed by atoms with van der Waals surface area (Å²) in [5.74, 6) is 1.17. The molecule has 1 unspecified atom stereocenters. The quantitative estimate of drug-likeness (QED) is 0.789. The average molecular weight is 324 g/mol. The van der Waals surface area contributed by atoms with Gasteiger partial charge in [0.2, 0.25) is 10.0 Å². The van der Waals surface area contributed by atoms with Crippen molar-refractivity contribution < 1.29 is 8.42 Å². The van der Waals surface area contributed by atoms with Gasteiger partial charge in [-0.25, -0.2) is 8.42 Å². The van der Waals surface area contributed by atoms with Crippen LogP contribution in [0.5, 0.6) is 0 Å². The second-order valence-electron chi connectivity index (χ2n) is 5.61. The van der Waals surface area contributed by atoms with E-state index in [9.17, 15) is 8.42 Å². The summed E-state index contributed by atoms with van der Waals surface area (Å²) in [4.78, 5) is 0.272. The minimum atomic E-state index is -3.44. The molecule has 1 aliphatic rings. The van der Waals surface area contributed by atoms with Crippen LogP contribution in [0.2, 0.25) is 0 Å². The van der Waals surface area contributed by atoms with Crippen LogP contribution in [0.4, 0.5) is 0 Å². The Balaban J connectivity index is 1.70. The standard InChI is InChI=1S/C13H20N6O2S/c1-3-18-9-12(7-15-18)22(20,21)19-5-4-11(8-19)6-13-16-14-10-17(13)2/h7,9-11H,3-6,8H2,1-2H3. The highest BCUT2D eigenvalue weighted by Crippen LogP contribution is 2.25. The van der Waals surface area contributed by atoms with Crippen LogP contribution in [0, 0.1) is 5.92 Å². The molecule has 8 nitrogen and oxygen atoms in total. The second kappa shape index (κ2) is 5.81. The Morgan fingerprint density at radius 2 is 2.23 bits per heavy atom. The molecule has 120 valence electrons. The molecule has 1 aliphatic heterocycles. The summed E-state index contributed by atoms with van der Waals surface area (Å²) in [5.41, 5.74) is 0. The van der Waals surface area contributed by atoms with Crippen LogP contribution in [-0.2, 0) is 30.0 Å². The Labute approximate surface area is 129 Å². The van der Waals surface area contributed by atoms with Crippen LogP contribution in [0.1, 0.15) is 19.2 Å². The summed E-state index contributed by atoms with van der Waals surface area (Å²) in [5, 5.41) is 12.0. The van der Waals surface area contributed by atoms with Crippen molar-refractivity contribution >= 4 is 10.0 Å². The zero-order valence-electron chi connectivity index (χ0n) is 12.8. The molecular formula is C13H20N6O2S. The van der Waals surface area contributed by atoms with Crippen molar-refractivity contribution in [2.45, 2.75) is 31.2 Å². The van der Waals surface area contributed by atoms with E-state index in [2.05, 4.69) is 15.3 Å². The average Bonchev–Trinajstić information content (AvgIpc) is 3.21. The highest BCUT2D eigenvalue weighted by molar-refractivity contribution is 7.89. The number of hydrogen-bond donors (Lipinski definition) is 0. The van der Waals surface area contributed by atoms with Crippen molar-refractivity contribution in [2.75, 3.05) is 13.1 Å². The third-order valence-corrected chi connectivity index (χ3v) is 5.91. The molecule has 0 spiro atoms. The monoisotopic (exact) mass is 324 g/mol.